The van der Waals surface area contributed by atoms with Gasteiger partial charge in [-0.25, -0.2) is 0 Å². The Hall–Kier alpha value is -4.16. The Balaban J connectivity index is 1.64. The minimum Gasteiger partial charge on any atom is -0.492 e. The lowest BCUT2D eigenvalue weighted by Crippen LogP contribution is -2.32. The summed E-state index contributed by atoms with van der Waals surface area (Å²) in [6.45, 7) is 2.98. The number of benzene rings is 3. The van der Waals surface area contributed by atoms with Crippen molar-refractivity contribution in [3.05, 3.63) is 112 Å². The first-order valence-electron chi connectivity index (χ1n) is 13.2. The number of aromatic amines is 1. The van der Waals surface area contributed by atoms with E-state index in [4.69, 9.17) is 9.73 Å². The number of fused-ring (bicyclic) bond motifs is 1. The molecule has 0 amide bonds. The van der Waals surface area contributed by atoms with Crippen molar-refractivity contribution < 1.29 is 9.84 Å². The van der Waals surface area contributed by atoms with Gasteiger partial charge in [0.25, 0.3) is 5.56 Å². The van der Waals surface area contributed by atoms with E-state index in [0.717, 1.165) is 41.0 Å². The molecule has 0 fully saturated rings. The molecule has 0 spiro atoms. The fraction of sp³-hybridized carbons (Fsp3) is 0.250. The predicted molar refractivity (Wildman–Crippen MR) is 154 cm³/mol. The van der Waals surface area contributed by atoms with Crippen LogP contribution in [0.1, 0.15) is 36.8 Å². The van der Waals surface area contributed by atoms with Crippen LogP contribution in [-0.4, -0.2) is 35.6 Å². The number of nitrogens with one attached hydrogen (secondary N) is 2. The molecule has 6 heteroatoms. The molecule has 1 aliphatic rings. The molecule has 0 saturated carbocycles. The fourth-order valence-corrected chi connectivity index (χ4v) is 5.28. The van der Waals surface area contributed by atoms with Crippen LogP contribution >= 0.6 is 0 Å². The summed E-state index contributed by atoms with van der Waals surface area (Å²) in [6.07, 6.45) is 1.65. The third-order valence-corrected chi connectivity index (χ3v) is 6.96. The van der Waals surface area contributed by atoms with E-state index in [9.17, 15) is 9.90 Å². The highest BCUT2D eigenvalue weighted by atomic mass is 16.5. The molecule has 3 N–H and O–H groups in total. The van der Waals surface area contributed by atoms with Gasteiger partial charge in [0, 0.05) is 23.1 Å². The van der Waals surface area contributed by atoms with E-state index in [1.807, 2.05) is 78.9 Å². The van der Waals surface area contributed by atoms with Gasteiger partial charge in [0.15, 0.2) is 0 Å². The van der Waals surface area contributed by atoms with Crippen LogP contribution in [0.25, 0.3) is 11.1 Å². The van der Waals surface area contributed by atoms with E-state index < -0.39 is 0 Å². The van der Waals surface area contributed by atoms with Crippen molar-refractivity contribution in [2.45, 2.75) is 25.7 Å². The number of aliphatic hydroxyl groups excluding tert-OH is 1. The second-order valence-corrected chi connectivity index (χ2v) is 9.45. The van der Waals surface area contributed by atoms with E-state index in [1.54, 1.807) is 0 Å². The molecule has 4 aromatic rings. The van der Waals surface area contributed by atoms with Crippen molar-refractivity contribution in [1.29, 1.82) is 0 Å². The molecule has 0 radical (unpaired) electrons. The quantitative estimate of drug-likeness (QED) is 0.224. The second kappa shape index (κ2) is 11.9. The Kier molecular flexibility index (Phi) is 8.00. The van der Waals surface area contributed by atoms with Crippen LogP contribution in [0.3, 0.4) is 0 Å². The second-order valence-electron chi connectivity index (χ2n) is 9.45. The predicted octanol–water partition coefficient (Wildman–Crippen LogP) is 6.16. The normalized spacial score (nSPS) is 16.4. The molecule has 1 aliphatic heterocycles. The number of rotatable bonds is 10. The number of aliphatic hydroxyl groups is 1. The zero-order valence-electron chi connectivity index (χ0n) is 21.6. The van der Waals surface area contributed by atoms with Crippen molar-refractivity contribution >= 4 is 17.2 Å². The lowest BCUT2D eigenvalue weighted by molar-refractivity contribution is 0.249. The number of anilines is 1. The van der Waals surface area contributed by atoms with E-state index in [2.05, 4.69) is 29.4 Å². The zero-order valence-corrected chi connectivity index (χ0v) is 21.6. The number of aliphatic imine (C=N–C) groups is 1. The number of hydrogen-bond acceptors (Lipinski definition) is 5. The summed E-state index contributed by atoms with van der Waals surface area (Å²) in [5.41, 5.74) is 4.75. The molecule has 0 bridgehead atoms. The van der Waals surface area contributed by atoms with Crippen LogP contribution in [0, 0.1) is 5.92 Å². The molecular formula is C32H33N3O3. The van der Waals surface area contributed by atoms with Crippen molar-refractivity contribution in [2.75, 3.05) is 25.1 Å². The minimum absolute atomic E-state index is 0.0335. The molecule has 1 aromatic heterocycles. The van der Waals surface area contributed by atoms with Crippen molar-refractivity contribution in [3.63, 3.8) is 0 Å². The fourth-order valence-electron chi connectivity index (χ4n) is 5.28. The first-order chi connectivity index (χ1) is 18.7. The summed E-state index contributed by atoms with van der Waals surface area (Å²) in [5.74, 6) is 1.04. The Labute approximate surface area is 223 Å². The Morgan fingerprint density at radius 1 is 0.947 bits per heavy atom. The van der Waals surface area contributed by atoms with Crippen LogP contribution in [0.15, 0.2) is 101 Å². The van der Waals surface area contributed by atoms with E-state index in [-0.39, 0.29) is 24.0 Å². The maximum Gasteiger partial charge on any atom is 0.259 e. The first-order valence-corrected chi connectivity index (χ1v) is 13.2. The average molecular weight is 508 g/mol. The Bertz CT molecular complexity index is 1430. The van der Waals surface area contributed by atoms with Crippen LogP contribution in [0.5, 0.6) is 5.75 Å². The van der Waals surface area contributed by atoms with Gasteiger partial charge in [0.1, 0.15) is 18.2 Å². The first kappa shape index (κ1) is 25.5. The zero-order chi connectivity index (χ0) is 26.3. The minimum atomic E-state index is -0.199. The van der Waals surface area contributed by atoms with Gasteiger partial charge in [0.05, 0.1) is 24.4 Å². The maximum absolute atomic E-state index is 13.6. The maximum atomic E-state index is 13.6. The lowest BCUT2D eigenvalue weighted by atomic mass is 9.74. The largest absolute Gasteiger partial charge is 0.492 e. The Morgan fingerprint density at radius 3 is 2.26 bits per heavy atom. The van der Waals surface area contributed by atoms with Gasteiger partial charge < -0.3 is 20.1 Å². The number of aromatic nitrogens is 1. The van der Waals surface area contributed by atoms with Crippen LogP contribution < -0.4 is 15.6 Å². The summed E-state index contributed by atoms with van der Waals surface area (Å²) >= 11 is 0. The number of H-pyrrole nitrogens is 1. The molecule has 3 aromatic carbocycles. The number of pyridine rings is 1. The van der Waals surface area contributed by atoms with Crippen LogP contribution in [0.4, 0.5) is 11.5 Å². The number of nitrogens with zero attached hydrogens (tertiary/aromatic N) is 1. The highest BCUT2D eigenvalue weighted by molar-refractivity contribution is 5.97. The third kappa shape index (κ3) is 5.27. The molecule has 6 nitrogen and oxygen atoms in total. The van der Waals surface area contributed by atoms with Gasteiger partial charge in [-0.15, -0.1) is 0 Å². The molecule has 38 heavy (non-hydrogen) atoms. The molecule has 0 aliphatic carbocycles. The van der Waals surface area contributed by atoms with Gasteiger partial charge in [-0.3, -0.25) is 9.79 Å². The number of hydrogen-bond donors (Lipinski definition) is 3. The Morgan fingerprint density at radius 2 is 1.61 bits per heavy atom. The van der Waals surface area contributed by atoms with Crippen LogP contribution in [0.2, 0.25) is 0 Å². The summed E-state index contributed by atoms with van der Waals surface area (Å²) in [5, 5.41) is 14.0. The molecule has 5 rings (SSSR count). The average Bonchev–Trinajstić information content (AvgIpc) is 2.96. The van der Waals surface area contributed by atoms with Crippen molar-refractivity contribution in [1.82, 2.24) is 4.98 Å². The highest BCUT2D eigenvalue weighted by Gasteiger charge is 2.37. The number of para-hydroxylation sites is 1. The standard InChI is InChI=1S/C32H33N3O3/c1-2-12-26-25(21-36)27(22-13-6-3-7-14-22)29-30(34-26)28(23-15-8-4-9-16-23)32(37)35-31(29)33-19-20-38-24-17-10-5-11-18-24/h3-11,13-18,25,27,36H,2,12,19-21H2,1H3,(H2,33,35,37). The molecule has 194 valence electrons. The van der Waals surface area contributed by atoms with Gasteiger partial charge in [0.2, 0.25) is 0 Å². The molecular weight excluding hydrogens is 474 g/mol. The van der Waals surface area contributed by atoms with E-state index in [1.165, 1.54) is 0 Å². The number of ether oxygens (including phenoxy) is 1. The summed E-state index contributed by atoms with van der Waals surface area (Å²) in [7, 11) is 0. The third-order valence-electron chi connectivity index (χ3n) is 6.96. The summed E-state index contributed by atoms with van der Waals surface area (Å²) in [6, 6.07) is 29.5. The van der Waals surface area contributed by atoms with Gasteiger partial charge in [-0.2, -0.15) is 0 Å². The van der Waals surface area contributed by atoms with E-state index in [0.29, 0.717) is 30.2 Å². The van der Waals surface area contributed by atoms with Crippen molar-refractivity contribution in [3.8, 4) is 16.9 Å². The highest BCUT2D eigenvalue weighted by Crippen LogP contribution is 2.48. The SMILES string of the molecule is CCCC1=Nc2c(c(NCCOc3ccccc3)[nH]c(=O)c2-c2ccccc2)C(c2ccccc2)C1CO. The van der Waals surface area contributed by atoms with Gasteiger partial charge in [-0.1, -0.05) is 92.2 Å². The summed E-state index contributed by atoms with van der Waals surface area (Å²) in [4.78, 5) is 21.8. The lowest BCUT2D eigenvalue weighted by Gasteiger charge is -2.35. The smallest absolute Gasteiger partial charge is 0.259 e. The van der Waals surface area contributed by atoms with Crippen LogP contribution in [-0.2, 0) is 0 Å². The molecule has 2 atom stereocenters. The molecule has 2 unspecified atom stereocenters. The van der Waals surface area contributed by atoms with Crippen molar-refractivity contribution in [2.24, 2.45) is 10.9 Å². The van der Waals surface area contributed by atoms with Gasteiger partial charge in [-0.05, 0) is 29.7 Å². The summed E-state index contributed by atoms with van der Waals surface area (Å²) < 4.78 is 5.88. The van der Waals surface area contributed by atoms with Gasteiger partial charge >= 0.3 is 0 Å². The topological polar surface area (TPSA) is 86.7 Å². The molecule has 2 heterocycles. The molecule has 0 saturated heterocycles. The van der Waals surface area contributed by atoms with E-state index >= 15 is 0 Å². The monoisotopic (exact) mass is 507 g/mol.